The SMILES string of the molecule is CC(=O)Nc1ccc(S(=O)(=O)NCCSCc2c(Cl)cccc2Cl)cc1Cl. The van der Waals surface area contributed by atoms with Crippen molar-refractivity contribution in [2.75, 3.05) is 17.6 Å². The molecule has 0 aliphatic heterocycles. The highest BCUT2D eigenvalue weighted by atomic mass is 35.5. The number of hydrogen-bond donors (Lipinski definition) is 2. The van der Waals surface area contributed by atoms with E-state index < -0.39 is 10.0 Å². The highest BCUT2D eigenvalue weighted by Crippen LogP contribution is 2.28. The Morgan fingerprint density at radius 2 is 1.74 bits per heavy atom. The van der Waals surface area contributed by atoms with Gasteiger partial charge in [-0.25, -0.2) is 13.1 Å². The van der Waals surface area contributed by atoms with Crippen molar-refractivity contribution in [2.24, 2.45) is 0 Å². The minimum absolute atomic E-state index is 0.0285. The van der Waals surface area contributed by atoms with Gasteiger partial charge in [0.2, 0.25) is 15.9 Å². The lowest BCUT2D eigenvalue weighted by Gasteiger charge is -2.10. The summed E-state index contributed by atoms with van der Waals surface area (Å²) < 4.78 is 27.2. The van der Waals surface area contributed by atoms with E-state index in [1.165, 1.54) is 36.9 Å². The van der Waals surface area contributed by atoms with E-state index in [2.05, 4.69) is 10.0 Å². The quantitative estimate of drug-likeness (QED) is 0.546. The lowest BCUT2D eigenvalue weighted by molar-refractivity contribution is -0.114. The van der Waals surface area contributed by atoms with Gasteiger partial charge >= 0.3 is 0 Å². The minimum atomic E-state index is -3.70. The van der Waals surface area contributed by atoms with Gasteiger partial charge in [0.05, 0.1) is 15.6 Å². The van der Waals surface area contributed by atoms with Crippen LogP contribution in [-0.2, 0) is 20.6 Å². The molecule has 0 saturated heterocycles. The zero-order valence-electron chi connectivity index (χ0n) is 14.3. The van der Waals surface area contributed by atoms with Crippen LogP contribution in [0.5, 0.6) is 0 Å². The van der Waals surface area contributed by atoms with Gasteiger partial charge in [-0.15, -0.1) is 0 Å². The van der Waals surface area contributed by atoms with Crippen LogP contribution in [0.2, 0.25) is 15.1 Å². The van der Waals surface area contributed by atoms with Crippen LogP contribution in [0.15, 0.2) is 41.3 Å². The number of nitrogens with one attached hydrogen (secondary N) is 2. The molecule has 0 unspecified atom stereocenters. The summed E-state index contributed by atoms with van der Waals surface area (Å²) in [5.41, 5.74) is 1.18. The number of rotatable bonds is 8. The maximum atomic E-state index is 12.4. The van der Waals surface area contributed by atoms with E-state index >= 15 is 0 Å². The summed E-state index contributed by atoms with van der Waals surface area (Å²) >= 11 is 19.8. The number of carbonyl (C=O) groups excluding carboxylic acids is 1. The van der Waals surface area contributed by atoms with Crippen LogP contribution in [0.4, 0.5) is 5.69 Å². The van der Waals surface area contributed by atoms with Crippen molar-refractivity contribution >= 4 is 68.2 Å². The fraction of sp³-hybridized carbons (Fsp3) is 0.235. The number of amides is 1. The molecule has 0 fully saturated rings. The van der Waals surface area contributed by atoms with Gasteiger partial charge in [0, 0.05) is 35.0 Å². The Labute approximate surface area is 177 Å². The fourth-order valence-electron chi connectivity index (χ4n) is 2.13. The van der Waals surface area contributed by atoms with Crippen molar-refractivity contribution in [3.8, 4) is 0 Å². The first kappa shape index (κ1) is 22.3. The number of hydrogen-bond acceptors (Lipinski definition) is 4. The van der Waals surface area contributed by atoms with E-state index in [-0.39, 0.29) is 22.4 Å². The van der Waals surface area contributed by atoms with Crippen LogP contribution in [0, 0.1) is 0 Å². The molecule has 0 saturated carbocycles. The number of sulfonamides is 1. The summed E-state index contributed by atoms with van der Waals surface area (Å²) in [4.78, 5) is 11.1. The molecule has 2 N–H and O–H groups in total. The smallest absolute Gasteiger partial charge is 0.240 e. The first-order chi connectivity index (χ1) is 12.7. The Kier molecular flexibility index (Phi) is 8.27. The lowest BCUT2D eigenvalue weighted by atomic mass is 10.2. The van der Waals surface area contributed by atoms with E-state index in [0.717, 1.165) is 5.56 Å². The van der Waals surface area contributed by atoms with E-state index in [0.29, 0.717) is 27.2 Å². The minimum Gasteiger partial charge on any atom is -0.325 e. The van der Waals surface area contributed by atoms with Gasteiger partial charge in [-0.05, 0) is 35.9 Å². The number of benzene rings is 2. The predicted molar refractivity (Wildman–Crippen MR) is 114 cm³/mol. The standard InChI is InChI=1S/C17H17Cl3N2O3S2/c1-11(23)22-17-6-5-12(9-16(17)20)27(24,25)21-7-8-26-10-13-14(18)3-2-4-15(13)19/h2-6,9,21H,7-8,10H2,1H3,(H,22,23). The molecular weight excluding hydrogens is 451 g/mol. The largest absolute Gasteiger partial charge is 0.325 e. The molecule has 0 bridgehead atoms. The normalized spacial score (nSPS) is 11.4. The van der Waals surface area contributed by atoms with Gasteiger partial charge in [-0.3, -0.25) is 4.79 Å². The molecule has 146 valence electrons. The molecule has 0 spiro atoms. The molecular formula is C17H17Cl3N2O3S2. The first-order valence-corrected chi connectivity index (χ1v) is 11.6. The average Bonchev–Trinajstić information content (AvgIpc) is 2.58. The molecule has 0 heterocycles. The Hall–Kier alpha value is -0.960. The topological polar surface area (TPSA) is 75.3 Å². The molecule has 2 aromatic carbocycles. The molecule has 27 heavy (non-hydrogen) atoms. The second kappa shape index (κ2) is 10.0. The van der Waals surface area contributed by atoms with Gasteiger partial charge in [0.25, 0.3) is 0 Å². The van der Waals surface area contributed by atoms with Crippen molar-refractivity contribution in [3.63, 3.8) is 0 Å². The zero-order chi connectivity index (χ0) is 20.0. The Morgan fingerprint density at radius 3 is 2.33 bits per heavy atom. The van der Waals surface area contributed by atoms with E-state index in [4.69, 9.17) is 34.8 Å². The van der Waals surface area contributed by atoms with Crippen molar-refractivity contribution in [3.05, 3.63) is 57.0 Å². The van der Waals surface area contributed by atoms with Gasteiger partial charge < -0.3 is 5.32 Å². The number of anilines is 1. The summed E-state index contributed by atoms with van der Waals surface area (Å²) in [6, 6.07) is 9.44. The Balaban J connectivity index is 1.89. The fourth-order valence-corrected chi connectivity index (χ4v) is 5.20. The van der Waals surface area contributed by atoms with Gasteiger partial charge in [0.1, 0.15) is 0 Å². The molecule has 10 heteroatoms. The molecule has 0 aromatic heterocycles. The second-order valence-electron chi connectivity index (χ2n) is 5.47. The van der Waals surface area contributed by atoms with Crippen LogP contribution in [-0.4, -0.2) is 26.6 Å². The van der Waals surface area contributed by atoms with E-state index in [1.54, 1.807) is 18.2 Å². The molecule has 0 aliphatic rings. The molecule has 2 aromatic rings. The highest BCUT2D eigenvalue weighted by molar-refractivity contribution is 7.98. The van der Waals surface area contributed by atoms with E-state index in [1.807, 2.05) is 0 Å². The summed E-state index contributed by atoms with van der Waals surface area (Å²) in [6.45, 7) is 1.58. The van der Waals surface area contributed by atoms with Crippen molar-refractivity contribution in [1.29, 1.82) is 0 Å². The number of halogens is 3. The zero-order valence-corrected chi connectivity index (χ0v) is 18.2. The monoisotopic (exact) mass is 466 g/mol. The van der Waals surface area contributed by atoms with Crippen molar-refractivity contribution < 1.29 is 13.2 Å². The third kappa shape index (κ3) is 6.55. The second-order valence-corrected chi connectivity index (χ2v) is 9.57. The van der Waals surface area contributed by atoms with Gasteiger partial charge in [-0.2, -0.15) is 11.8 Å². The van der Waals surface area contributed by atoms with Gasteiger partial charge in [-0.1, -0.05) is 40.9 Å². The third-order valence-electron chi connectivity index (χ3n) is 3.41. The van der Waals surface area contributed by atoms with Crippen LogP contribution in [0.3, 0.4) is 0 Å². The third-order valence-corrected chi connectivity index (χ3v) is 6.87. The van der Waals surface area contributed by atoms with Crippen LogP contribution < -0.4 is 10.0 Å². The molecule has 0 radical (unpaired) electrons. The van der Waals surface area contributed by atoms with Gasteiger partial charge in [0.15, 0.2) is 0 Å². The average molecular weight is 468 g/mol. The molecule has 0 atom stereocenters. The predicted octanol–water partition coefficient (Wildman–Crippen LogP) is 4.82. The molecule has 0 aliphatic carbocycles. The van der Waals surface area contributed by atoms with Crippen LogP contribution in [0.25, 0.3) is 0 Å². The van der Waals surface area contributed by atoms with Crippen molar-refractivity contribution in [2.45, 2.75) is 17.6 Å². The maximum absolute atomic E-state index is 12.4. The first-order valence-electron chi connectivity index (χ1n) is 7.78. The lowest BCUT2D eigenvalue weighted by Crippen LogP contribution is -2.26. The molecule has 1 amide bonds. The van der Waals surface area contributed by atoms with Crippen molar-refractivity contribution in [1.82, 2.24) is 4.72 Å². The molecule has 5 nitrogen and oxygen atoms in total. The summed E-state index contributed by atoms with van der Waals surface area (Å²) in [6.07, 6.45) is 0. The van der Waals surface area contributed by atoms with Crippen LogP contribution >= 0.6 is 46.6 Å². The van der Waals surface area contributed by atoms with E-state index in [9.17, 15) is 13.2 Å². The maximum Gasteiger partial charge on any atom is 0.240 e. The Bertz CT molecular complexity index is 917. The number of thioether (sulfide) groups is 1. The Morgan fingerprint density at radius 1 is 1.07 bits per heavy atom. The van der Waals surface area contributed by atoms with Crippen LogP contribution in [0.1, 0.15) is 12.5 Å². The highest BCUT2D eigenvalue weighted by Gasteiger charge is 2.15. The number of carbonyl (C=O) groups is 1. The summed E-state index contributed by atoms with van der Waals surface area (Å²) in [5, 5.41) is 3.85. The summed E-state index contributed by atoms with van der Waals surface area (Å²) in [7, 11) is -3.70. The molecule has 2 rings (SSSR count). The summed E-state index contributed by atoms with van der Waals surface area (Å²) in [5.74, 6) is 0.831.